The molecule has 5 nitrogen and oxygen atoms in total. The van der Waals surface area contributed by atoms with E-state index in [2.05, 4.69) is 4.72 Å². The Morgan fingerprint density at radius 2 is 1.94 bits per heavy atom. The third kappa shape index (κ3) is 3.49. The summed E-state index contributed by atoms with van der Waals surface area (Å²) in [4.78, 5) is 0. The predicted molar refractivity (Wildman–Crippen MR) is 71.3 cm³/mol. The van der Waals surface area contributed by atoms with Crippen molar-refractivity contribution in [3.05, 3.63) is 23.2 Å². The summed E-state index contributed by atoms with van der Waals surface area (Å²) in [6.07, 6.45) is 0. The number of halogens is 1. The maximum absolute atomic E-state index is 11.9. The Kier molecular flexibility index (Phi) is 4.62. The van der Waals surface area contributed by atoms with Gasteiger partial charge in [-0.25, -0.2) is 0 Å². The largest absolute Gasteiger partial charge is 0.399 e. The van der Waals surface area contributed by atoms with Gasteiger partial charge in [0.1, 0.15) is 0 Å². The first-order valence-electron chi connectivity index (χ1n) is 5.23. The second kappa shape index (κ2) is 5.57. The SMILES string of the molecule is CCN(CC)S(=O)(=O)Nc1cc(N)ccc1Cl. The van der Waals surface area contributed by atoms with Gasteiger partial charge in [0.15, 0.2) is 0 Å². The molecule has 0 spiro atoms. The van der Waals surface area contributed by atoms with Gasteiger partial charge in [-0.2, -0.15) is 12.7 Å². The minimum atomic E-state index is -3.57. The van der Waals surface area contributed by atoms with E-state index in [-0.39, 0.29) is 0 Å². The molecule has 0 heterocycles. The zero-order valence-electron chi connectivity index (χ0n) is 9.77. The number of nitrogens with zero attached hydrogens (tertiary/aromatic N) is 1. The Labute approximate surface area is 107 Å². The van der Waals surface area contributed by atoms with Crippen molar-refractivity contribution < 1.29 is 8.42 Å². The van der Waals surface area contributed by atoms with Crippen molar-refractivity contribution in [3.8, 4) is 0 Å². The van der Waals surface area contributed by atoms with Crippen LogP contribution in [0, 0.1) is 0 Å². The predicted octanol–water partition coefficient (Wildman–Crippen LogP) is 1.92. The first-order valence-corrected chi connectivity index (χ1v) is 7.05. The van der Waals surface area contributed by atoms with Gasteiger partial charge in [-0.15, -0.1) is 0 Å². The zero-order valence-corrected chi connectivity index (χ0v) is 11.3. The van der Waals surface area contributed by atoms with Crippen molar-refractivity contribution in [3.63, 3.8) is 0 Å². The monoisotopic (exact) mass is 277 g/mol. The van der Waals surface area contributed by atoms with Gasteiger partial charge < -0.3 is 5.73 Å². The molecule has 0 radical (unpaired) electrons. The Balaban J connectivity index is 3.01. The van der Waals surface area contributed by atoms with E-state index in [0.717, 1.165) is 0 Å². The Hall–Kier alpha value is -0.980. The molecule has 0 amide bonds. The molecule has 3 N–H and O–H groups in total. The molecule has 0 aliphatic heterocycles. The molecule has 0 fully saturated rings. The van der Waals surface area contributed by atoms with Crippen LogP contribution < -0.4 is 10.5 Å². The quantitative estimate of drug-likeness (QED) is 0.808. The average molecular weight is 278 g/mol. The second-order valence-electron chi connectivity index (χ2n) is 3.43. The van der Waals surface area contributed by atoms with Crippen LogP contribution in [0.5, 0.6) is 0 Å². The molecule has 96 valence electrons. The Morgan fingerprint density at radius 1 is 1.35 bits per heavy atom. The van der Waals surface area contributed by atoms with Gasteiger partial charge in [0.05, 0.1) is 10.7 Å². The molecule has 7 heteroatoms. The molecule has 1 aromatic rings. The summed E-state index contributed by atoms with van der Waals surface area (Å²) in [7, 11) is -3.57. The van der Waals surface area contributed by atoms with Gasteiger partial charge in [0.2, 0.25) is 0 Å². The fourth-order valence-electron chi connectivity index (χ4n) is 1.39. The number of rotatable bonds is 5. The average Bonchev–Trinajstić information content (AvgIpc) is 2.24. The first kappa shape index (κ1) is 14.1. The lowest BCUT2D eigenvalue weighted by molar-refractivity contribution is 0.449. The van der Waals surface area contributed by atoms with E-state index in [4.69, 9.17) is 17.3 Å². The zero-order chi connectivity index (χ0) is 13.1. The van der Waals surface area contributed by atoms with Gasteiger partial charge in [0, 0.05) is 18.8 Å². The molecule has 0 aliphatic rings. The van der Waals surface area contributed by atoms with E-state index >= 15 is 0 Å². The molecule has 0 unspecified atom stereocenters. The van der Waals surface area contributed by atoms with Crippen LogP contribution in [0.15, 0.2) is 18.2 Å². The number of hydrogen-bond acceptors (Lipinski definition) is 3. The number of hydrogen-bond donors (Lipinski definition) is 2. The summed E-state index contributed by atoms with van der Waals surface area (Å²) in [5.74, 6) is 0. The molecule has 0 saturated carbocycles. The van der Waals surface area contributed by atoms with Crippen molar-refractivity contribution in [1.82, 2.24) is 4.31 Å². The van der Waals surface area contributed by atoms with E-state index in [1.165, 1.54) is 10.4 Å². The molecule has 0 aromatic heterocycles. The maximum atomic E-state index is 11.9. The van der Waals surface area contributed by atoms with E-state index in [9.17, 15) is 8.42 Å². The van der Waals surface area contributed by atoms with Crippen LogP contribution in [0.2, 0.25) is 5.02 Å². The van der Waals surface area contributed by atoms with Crippen LogP contribution in [0.25, 0.3) is 0 Å². The molecule has 1 rings (SSSR count). The molecular weight excluding hydrogens is 262 g/mol. The van der Waals surface area contributed by atoms with E-state index in [1.54, 1.807) is 26.0 Å². The second-order valence-corrected chi connectivity index (χ2v) is 5.51. The summed E-state index contributed by atoms with van der Waals surface area (Å²) < 4.78 is 27.6. The summed E-state index contributed by atoms with van der Waals surface area (Å²) in [6.45, 7) is 4.32. The Bertz CT molecular complexity index is 486. The lowest BCUT2D eigenvalue weighted by Gasteiger charge is -2.20. The summed E-state index contributed by atoms with van der Waals surface area (Å²) in [5, 5.41) is 0.315. The van der Waals surface area contributed by atoms with Crippen molar-refractivity contribution in [2.75, 3.05) is 23.5 Å². The van der Waals surface area contributed by atoms with Gasteiger partial charge >= 0.3 is 10.2 Å². The summed E-state index contributed by atoms with van der Waals surface area (Å²) >= 11 is 5.89. The van der Waals surface area contributed by atoms with Gasteiger partial charge in [-0.1, -0.05) is 25.4 Å². The fourth-order valence-corrected chi connectivity index (χ4v) is 2.86. The topological polar surface area (TPSA) is 75.4 Å². The third-order valence-electron chi connectivity index (χ3n) is 2.27. The molecule has 17 heavy (non-hydrogen) atoms. The standard InChI is InChI=1S/C10H16ClN3O2S/c1-3-14(4-2)17(15,16)13-10-7-8(12)5-6-9(10)11/h5-7,13H,3-4,12H2,1-2H3. The highest BCUT2D eigenvalue weighted by atomic mass is 35.5. The minimum absolute atomic E-state index is 0.290. The van der Waals surface area contributed by atoms with Crippen LogP contribution in [-0.2, 0) is 10.2 Å². The molecule has 0 aliphatic carbocycles. The summed E-state index contributed by atoms with van der Waals surface area (Å²) in [5.41, 5.74) is 6.32. The van der Waals surface area contributed by atoms with Crippen LogP contribution in [0.4, 0.5) is 11.4 Å². The highest BCUT2D eigenvalue weighted by Gasteiger charge is 2.19. The Morgan fingerprint density at radius 3 is 2.47 bits per heavy atom. The fraction of sp³-hybridized carbons (Fsp3) is 0.400. The lowest BCUT2D eigenvalue weighted by Crippen LogP contribution is -2.35. The maximum Gasteiger partial charge on any atom is 0.301 e. The van der Waals surface area contributed by atoms with Crippen molar-refractivity contribution in [1.29, 1.82) is 0 Å². The molecule has 1 aromatic carbocycles. The smallest absolute Gasteiger partial charge is 0.301 e. The van der Waals surface area contributed by atoms with Crippen LogP contribution in [-0.4, -0.2) is 25.8 Å². The van der Waals surface area contributed by atoms with Gasteiger partial charge in [-0.05, 0) is 18.2 Å². The number of nitrogens with two attached hydrogens (primary N) is 1. The van der Waals surface area contributed by atoms with Gasteiger partial charge in [0.25, 0.3) is 0 Å². The number of nitrogen functional groups attached to an aromatic ring is 1. The number of anilines is 2. The van der Waals surface area contributed by atoms with Gasteiger partial charge in [-0.3, -0.25) is 4.72 Å². The van der Waals surface area contributed by atoms with Crippen LogP contribution in [0.1, 0.15) is 13.8 Å². The van der Waals surface area contributed by atoms with E-state index in [1.807, 2.05) is 0 Å². The van der Waals surface area contributed by atoms with Crippen molar-refractivity contribution >= 4 is 33.2 Å². The first-order chi connectivity index (χ1) is 7.90. The molecular formula is C10H16ClN3O2S. The van der Waals surface area contributed by atoms with Crippen molar-refractivity contribution in [2.24, 2.45) is 0 Å². The van der Waals surface area contributed by atoms with Crippen molar-refractivity contribution in [2.45, 2.75) is 13.8 Å². The lowest BCUT2D eigenvalue weighted by atomic mass is 10.3. The van der Waals surface area contributed by atoms with E-state index < -0.39 is 10.2 Å². The minimum Gasteiger partial charge on any atom is -0.399 e. The van der Waals surface area contributed by atoms with Crippen LogP contribution >= 0.6 is 11.6 Å². The normalized spacial score (nSPS) is 11.8. The summed E-state index contributed by atoms with van der Waals surface area (Å²) in [6, 6.07) is 4.65. The molecule has 0 bridgehead atoms. The number of benzene rings is 1. The third-order valence-corrected chi connectivity index (χ3v) is 4.28. The van der Waals surface area contributed by atoms with E-state index in [0.29, 0.717) is 29.5 Å². The number of nitrogens with one attached hydrogen (secondary N) is 1. The molecule has 0 saturated heterocycles. The highest BCUT2D eigenvalue weighted by molar-refractivity contribution is 7.90. The highest BCUT2D eigenvalue weighted by Crippen LogP contribution is 2.25. The molecule has 0 atom stereocenters. The van der Waals surface area contributed by atoms with Crippen LogP contribution in [0.3, 0.4) is 0 Å².